The minimum absolute atomic E-state index is 0.0594. The third-order valence-corrected chi connectivity index (χ3v) is 3.14. The van der Waals surface area contributed by atoms with Gasteiger partial charge in [0.15, 0.2) is 0 Å². The molecule has 4 heteroatoms. The summed E-state index contributed by atoms with van der Waals surface area (Å²) in [6.07, 6.45) is 6.06. The van der Waals surface area contributed by atoms with E-state index in [0.29, 0.717) is 19.6 Å². The Kier molecular flexibility index (Phi) is 5.05. The fourth-order valence-electron chi connectivity index (χ4n) is 2.16. The normalized spacial score (nSPS) is 19.9. The van der Waals surface area contributed by atoms with E-state index in [0.717, 1.165) is 12.8 Å². The average Bonchev–Trinajstić information content (AvgIpc) is 2.27. The van der Waals surface area contributed by atoms with E-state index >= 15 is 0 Å². The van der Waals surface area contributed by atoms with E-state index in [4.69, 9.17) is 10.5 Å². The Bertz CT molecular complexity index is 201. The van der Waals surface area contributed by atoms with Crippen LogP contribution < -0.4 is 11.1 Å². The number of carbonyl (C=O) groups excluding carboxylic acids is 1. The van der Waals surface area contributed by atoms with Gasteiger partial charge in [0.2, 0.25) is 5.91 Å². The van der Waals surface area contributed by atoms with Crippen molar-refractivity contribution in [3.05, 3.63) is 0 Å². The van der Waals surface area contributed by atoms with Crippen LogP contribution in [-0.4, -0.2) is 31.7 Å². The predicted molar refractivity (Wildman–Crippen MR) is 59.5 cm³/mol. The predicted octanol–water partition coefficient (Wildman–Crippen LogP) is 0.801. The first kappa shape index (κ1) is 12.5. The first-order valence-electron chi connectivity index (χ1n) is 5.72. The Morgan fingerprint density at radius 3 is 2.60 bits per heavy atom. The largest absolute Gasteiger partial charge is 0.384 e. The van der Waals surface area contributed by atoms with Crippen molar-refractivity contribution in [1.29, 1.82) is 0 Å². The van der Waals surface area contributed by atoms with Gasteiger partial charge in [0.1, 0.15) is 0 Å². The van der Waals surface area contributed by atoms with E-state index in [1.807, 2.05) is 0 Å². The molecule has 1 amide bonds. The van der Waals surface area contributed by atoms with Crippen LogP contribution in [0.25, 0.3) is 0 Å². The van der Waals surface area contributed by atoms with Crippen molar-refractivity contribution in [2.45, 2.75) is 44.1 Å². The summed E-state index contributed by atoms with van der Waals surface area (Å²) in [5, 5.41) is 3.07. The minimum Gasteiger partial charge on any atom is -0.384 e. The maximum atomic E-state index is 11.6. The van der Waals surface area contributed by atoms with Crippen LogP contribution in [0.5, 0.6) is 0 Å². The number of amides is 1. The highest BCUT2D eigenvalue weighted by molar-refractivity contribution is 5.76. The summed E-state index contributed by atoms with van der Waals surface area (Å²) < 4.78 is 4.88. The molecule has 4 nitrogen and oxygen atoms in total. The Labute approximate surface area is 91.5 Å². The van der Waals surface area contributed by atoms with Crippen molar-refractivity contribution in [1.82, 2.24) is 5.32 Å². The van der Waals surface area contributed by atoms with Crippen LogP contribution in [0.1, 0.15) is 38.5 Å². The van der Waals surface area contributed by atoms with Gasteiger partial charge in [0, 0.05) is 20.1 Å². The Morgan fingerprint density at radius 1 is 1.40 bits per heavy atom. The molecule has 1 saturated carbocycles. The van der Waals surface area contributed by atoms with Gasteiger partial charge < -0.3 is 15.8 Å². The van der Waals surface area contributed by atoms with Gasteiger partial charge in [-0.2, -0.15) is 0 Å². The van der Waals surface area contributed by atoms with Gasteiger partial charge in [-0.1, -0.05) is 19.3 Å². The third-order valence-electron chi connectivity index (χ3n) is 3.14. The van der Waals surface area contributed by atoms with Crippen LogP contribution in [0.4, 0.5) is 0 Å². The molecule has 0 atom stereocenters. The lowest BCUT2D eigenvalue weighted by atomic mass is 9.81. The van der Waals surface area contributed by atoms with E-state index in [-0.39, 0.29) is 11.4 Å². The van der Waals surface area contributed by atoms with E-state index in [9.17, 15) is 4.79 Å². The molecule has 1 aliphatic rings. The van der Waals surface area contributed by atoms with Gasteiger partial charge in [-0.3, -0.25) is 4.79 Å². The zero-order chi connectivity index (χ0) is 11.1. The number of nitrogens with two attached hydrogens (primary N) is 1. The molecule has 0 saturated heterocycles. The monoisotopic (exact) mass is 214 g/mol. The van der Waals surface area contributed by atoms with Crippen LogP contribution in [-0.2, 0) is 9.53 Å². The van der Waals surface area contributed by atoms with Crippen molar-refractivity contribution in [2.75, 3.05) is 20.3 Å². The Balaban J connectivity index is 2.40. The zero-order valence-corrected chi connectivity index (χ0v) is 9.55. The second-order valence-corrected chi connectivity index (χ2v) is 4.34. The quantitative estimate of drug-likeness (QED) is 0.711. The summed E-state index contributed by atoms with van der Waals surface area (Å²) in [6.45, 7) is 1.03. The van der Waals surface area contributed by atoms with E-state index < -0.39 is 0 Å². The highest BCUT2D eigenvalue weighted by Gasteiger charge is 2.31. The number of hydrogen-bond acceptors (Lipinski definition) is 3. The summed E-state index contributed by atoms with van der Waals surface area (Å²) in [5.74, 6) is 0.0594. The number of carbonyl (C=O) groups is 1. The molecule has 1 fully saturated rings. The molecule has 0 aliphatic heterocycles. The molecule has 0 aromatic heterocycles. The molecule has 0 unspecified atom stereocenters. The van der Waals surface area contributed by atoms with Gasteiger partial charge in [-0.05, 0) is 12.8 Å². The van der Waals surface area contributed by atoms with Crippen molar-refractivity contribution in [2.24, 2.45) is 5.73 Å². The van der Waals surface area contributed by atoms with Crippen molar-refractivity contribution in [3.63, 3.8) is 0 Å². The SMILES string of the molecule is COCCC(=O)NC1(CN)CCCCC1. The molecular formula is C11H22N2O2. The molecule has 0 spiro atoms. The van der Waals surface area contributed by atoms with Gasteiger partial charge in [-0.15, -0.1) is 0 Å². The molecule has 0 aromatic carbocycles. The highest BCUT2D eigenvalue weighted by atomic mass is 16.5. The summed E-state index contributed by atoms with van der Waals surface area (Å²) in [4.78, 5) is 11.6. The molecule has 88 valence electrons. The number of hydrogen-bond donors (Lipinski definition) is 2. The lowest BCUT2D eigenvalue weighted by Gasteiger charge is -2.37. The highest BCUT2D eigenvalue weighted by Crippen LogP contribution is 2.27. The second kappa shape index (κ2) is 6.08. The summed E-state index contributed by atoms with van der Waals surface area (Å²) in [6, 6.07) is 0. The van der Waals surface area contributed by atoms with Crippen molar-refractivity contribution in [3.8, 4) is 0 Å². The van der Waals surface area contributed by atoms with E-state index in [2.05, 4.69) is 5.32 Å². The molecule has 0 radical (unpaired) electrons. The van der Waals surface area contributed by atoms with Gasteiger partial charge in [-0.25, -0.2) is 0 Å². The van der Waals surface area contributed by atoms with E-state index in [1.54, 1.807) is 7.11 Å². The number of ether oxygens (including phenoxy) is 1. The summed E-state index contributed by atoms with van der Waals surface area (Å²) in [5.41, 5.74) is 5.63. The smallest absolute Gasteiger partial charge is 0.222 e. The topological polar surface area (TPSA) is 64.3 Å². The van der Waals surface area contributed by atoms with Gasteiger partial charge in [0.25, 0.3) is 0 Å². The lowest BCUT2D eigenvalue weighted by molar-refractivity contribution is -0.124. The molecule has 0 bridgehead atoms. The Morgan fingerprint density at radius 2 is 2.07 bits per heavy atom. The average molecular weight is 214 g/mol. The van der Waals surface area contributed by atoms with Crippen LogP contribution >= 0.6 is 0 Å². The lowest BCUT2D eigenvalue weighted by Crippen LogP contribution is -2.54. The van der Waals surface area contributed by atoms with Gasteiger partial charge >= 0.3 is 0 Å². The Hall–Kier alpha value is -0.610. The van der Waals surface area contributed by atoms with Crippen LogP contribution in [0.15, 0.2) is 0 Å². The van der Waals surface area contributed by atoms with Gasteiger partial charge in [0.05, 0.1) is 12.1 Å². The van der Waals surface area contributed by atoms with Crippen molar-refractivity contribution >= 4 is 5.91 Å². The molecular weight excluding hydrogens is 192 g/mol. The summed E-state index contributed by atoms with van der Waals surface area (Å²) in [7, 11) is 1.60. The molecule has 0 aromatic rings. The second-order valence-electron chi connectivity index (χ2n) is 4.34. The maximum Gasteiger partial charge on any atom is 0.222 e. The standard InChI is InChI=1S/C11H22N2O2/c1-15-8-5-10(14)13-11(9-12)6-3-2-4-7-11/h2-9,12H2,1H3,(H,13,14). The molecule has 1 rings (SSSR count). The van der Waals surface area contributed by atoms with E-state index in [1.165, 1.54) is 19.3 Å². The molecule has 0 heterocycles. The van der Waals surface area contributed by atoms with Crippen LogP contribution in [0.3, 0.4) is 0 Å². The summed E-state index contributed by atoms with van der Waals surface area (Å²) >= 11 is 0. The first-order valence-corrected chi connectivity index (χ1v) is 5.72. The number of methoxy groups -OCH3 is 1. The third kappa shape index (κ3) is 3.80. The molecule has 3 N–H and O–H groups in total. The first-order chi connectivity index (χ1) is 7.22. The zero-order valence-electron chi connectivity index (χ0n) is 9.55. The molecule has 1 aliphatic carbocycles. The fraction of sp³-hybridized carbons (Fsp3) is 0.909. The fourth-order valence-corrected chi connectivity index (χ4v) is 2.16. The minimum atomic E-state index is -0.136. The number of nitrogens with one attached hydrogen (secondary N) is 1. The van der Waals surface area contributed by atoms with Crippen molar-refractivity contribution < 1.29 is 9.53 Å². The van der Waals surface area contributed by atoms with Crippen LogP contribution in [0.2, 0.25) is 0 Å². The maximum absolute atomic E-state index is 11.6. The number of rotatable bonds is 5. The molecule has 15 heavy (non-hydrogen) atoms. The van der Waals surface area contributed by atoms with Crippen LogP contribution in [0, 0.1) is 0 Å².